The molecule has 0 saturated heterocycles. The van der Waals surface area contributed by atoms with Crippen LogP contribution in [-0.2, 0) is 0 Å². The maximum absolute atomic E-state index is 12.2. The van der Waals surface area contributed by atoms with E-state index in [9.17, 15) is 4.79 Å². The van der Waals surface area contributed by atoms with Crippen molar-refractivity contribution in [2.24, 2.45) is 0 Å². The van der Waals surface area contributed by atoms with Gasteiger partial charge in [-0.1, -0.05) is 0 Å². The van der Waals surface area contributed by atoms with Crippen molar-refractivity contribution in [1.29, 1.82) is 0 Å². The van der Waals surface area contributed by atoms with Gasteiger partial charge in [0.15, 0.2) is 0 Å². The van der Waals surface area contributed by atoms with Gasteiger partial charge in [-0.05, 0) is 31.5 Å². The molecule has 0 unspecified atom stereocenters. The summed E-state index contributed by atoms with van der Waals surface area (Å²) in [6.07, 6.45) is 3.47. The molecule has 0 aliphatic carbocycles. The number of hydrogen-bond donors (Lipinski definition) is 0. The Morgan fingerprint density at radius 3 is 2.61 bits per heavy atom. The molecule has 1 atom stereocenters. The summed E-state index contributed by atoms with van der Waals surface area (Å²) in [6.45, 7) is 3.89. The number of nitrogens with zero attached hydrogens (tertiary/aromatic N) is 3. The Morgan fingerprint density at radius 1 is 1.39 bits per heavy atom. The van der Waals surface area contributed by atoms with E-state index in [-0.39, 0.29) is 11.9 Å². The van der Waals surface area contributed by atoms with Crippen LogP contribution in [0.1, 0.15) is 34.0 Å². The van der Waals surface area contributed by atoms with E-state index in [1.165, 1.54) is 11.3 Å². The van der Waals surface area contributed by atoms with E-state index < -0.39 is 0 Å². The minimum atomic E-state index is -0.0522. The molecule has 18 heavy (non-hydrogen) atoms. The summed E-state index contributed by atoms with van der Waals surface area (Å²) in [4.78, 5) is 22.1. The zero-order valence-electron chi connectivity index (χ0n) is 10.6. The van der Waals surface area contributed by atoms with E-state index in [4.69, 9.17) is 0 Å². The molecule has 0 radical (unpaired) electrons. The van der Waals surface area contributed by atoms with Gasteiger partial charge in [0.05, 0.1) is 11.0 Å². The summed E-state index contributed by atoms with van der Waals surface area (Å²) in [6, 6.07) is 3.84. The highest BCUT2D eigenvalue weighted by atomic mass is 32.1. The highest BCUT2D eigenvalue weighted by Gasteiger charge is 2.20. The van der Waals surface area contributed by atoms with E-state index in [0.29, 0.717) is 5.69 Å². The zero-order valence-corrected chi connectivity index (χ0v) is 11.4. The molecule has 0 saturated carbocycles. The van der Waals surface area contributed by atoms with Crippen LogP contribution in [0.3, 0.4) is 0 Å². The third-order valence-corrected chi connectivity index (χ3v) is 3.70. The molecule has 0 aromatic carbocycles. The Balaban J connectivity index is 2.16. The van der Waals surface area contributed by atoms with E-state index in [0.717, 1.165) is 10.6 Å². The van der Waals surface area contributed by atoms with Crippen molar-refractivity contribution in [3.05, 3.63) is 46.2 Å². The SMILES string of the molecule is Cc1nc(C(=O)N(C)[C@@H](C)c2ccncc2)cs1. The first-order valence-electron chi connectivity index (χ1n) is 5.69. The minimum Gasteiger partial charge on any atom is -0.334 e. The van der Waals surface area contributed by atoms with Crippen molar-refractivity contribution in [1.82, 2.24) is 14.9 Å². The van der Waals surface area contributed by atoms with Crippen LogP contribution in [0.25, 0.3) is 0 Å². The van der Waals surface area contributed by atoms with E-state index >= 15 is 0 Å². The standard InChI is InChI=1S/C13H15N3OS/c1-9(11-4-6-14-7-5-11)16(3)13(17)12-8-18-10(2)15-12/h4-9H,1-3H3/t9-/m0/s1. The van der Waals surface area contributed by atoms with Crippen molar-refractivity contribution in [2.45, 2.75) is 19.9 Å². The first-order chi connectivity index (χ1) is 8.59. The van der Waals surface area contributed by atoms with Crippen molar-refractivity contribution < 1.29 is 4.79 Å². The van der Waals surface area contributed by atoms with Crippen LogP contribution < -0.4 is 0 Å². The normalized spacial score (nSPS) is 12.2. The van der Waals surface area contributed by atoms with Crippen LogP contribution in [0.15, 0.2) is 29.9 Å². The average molecular weight is 261 g/mol. The lowest BCUT2D eigenvalue weighted by Crippen LogP contribution is -2.29. The zero-order chi connectivity index (χ0) is 13.1. The summed E-state index contributed by atoms with van der Waals surface area (Å²) in [5, 5.41) is 2.70. The molecule has 0 N–H and O–H groups in total. The van der Waals surface area contributed by atoms with Crippen LogP contribution in [0, 0.1) is 6.92 Å². The second kappa shape index (κ2) is 5.27. The van der Waals surface area contributed by atoms with Crippen LogP contribution in [-0.4, -0.2) is 27.8 Å². The maximum atomic E-state index is 12.2. The number of thiazole rings is 1. The predicted molar refractivity (Wildman–Crippen MR) is 71.6 cm³/mol. The van der Waals surface area contributed by atoms with Crippen molar-refractivity contribution in [2.75, 3.05) is 7.05 Å². The van der Waals surface area contributed by atoms with Gasteiger partial charge in [0.25, 0.3) is 5.91 Å². The van der Waals surface area contributed by atoms with Crippen molar-refractivity contribution >= 4 is 17.2 Å². The lowest BCUT2D eigenvalue weighted by Gasteiger charge is -2.24. The summed E-state index contributed by atoms with van der Waals surface area (Å²) in [5.41, 5.74) is 1.58. The van der Waals surface area contributed by atoms with Gasteiger partial charge in [-0.15, -0.1) is 11.3 Å². The van der Waals surface area contributed by atoms with Gasteiger partial charge >= 0.3 is 0 Å². The second-order valence-electron chi connectivity index (χ2n) is 4.12. The Labute approximate surface area is 110 Å². The molecule has 94 valence electrons. The van der Waals surface area contributed by atoms with Crippen LogP contribution in [0.4, 0.5) is 0 Å². The maximum Gasteiger partial charge on any atom is 0.273 e. The van der Waals surface area contributed by atoms with E-state index in [1.54, 1.807) is 29.7 Å². The summed E-state index contributed by atoms with van der Waals surface area (Å²) in [5.74, 6) is -0.0522. The highest BCUT2D eigenvalue weighted by molar-refractivity contribution is 7.09. The molecular weight excluding hydrogens is 246 g/mol. The molecule has 0 aliphatic heterocycles. The molecule has 1 amide bonds. The third kappa shape index (κ3) is 2.56. The number of aromatic nitrogens is 2. The smallest absolute Gasteiger partial charge is 0.273 e. The van der Waals surface area contributed by atoms with Gasteiger partial charge in [-0.2, -0.15) is 0 Å². The van der Waals surface area contributed by atoms with Gasteiger partial charge in [0.1, 0.15) is 5.69 Å². The quantitative estimate of drug-likeness (QED) is 0.853. The Morgan fingerprint density at radius 2 is 2.06 bits per heavy atom. The average Bonchev–Trinajstić information content (AvgIpc) is 2.84. The molecule has 0 aliphatic rings. The van der Waals surface area contributed by atoms with E-state index in [2.05, 4.69) is 9.97 Å². The summed E-state index contributed by atoms with van der Waals surface area (Å²) < 4.78 is 0. The number of hydrogen-bond acceptors (Lipinski definition) is 4. The molecule has 2 heterocycles. The fourth-order valence-corrected chi connectivity index (χ4v) is 2.27. The molecule has 0 spiro atoms. The first-order valence-corrected chi connectivity index (χ1v) is 6.56. The van der Waals surface area contributed by atoms with Gasteiger partial charge < -0.3 is 4.90 Å². The van der Waals surface area contributed by atoms with Gasteiger partial charge in [-0.3, -0.25) is 9.78 Å². The van der Waals surface area contributed by atoms with Crippen LogP contribution >= 0.6 is 11.3 Å². The summed E-state index contributed by atoms with van der Waals surface area (Å²) in [7, 11) is 1.79. The lowest BCUT2D eigenvalue weighted by molar-refractivity contribution is 0.0737. The molecular formula is C13H15N3OS. The van der Waals surface area contributed by atoms with Gasteiger partial charge in [0, 0.05) is 24.8 Å². The Kier molecular flexibility index (Phi) is 3.72. The van der Waals surface area contributed by atoms with Crippen molar-refractivity contribution in [3.63, 3.8) is 0 Å². The molecule has 5 heteroatoms. The molecule has 2 aromatic rings. The number of aryl methyl sites for hydroxylation is 1. The first kappa shape index (κ1) is 12.7. The summed E-state index contributed by atoms with van der Waals surface area (Å²) >= 11 is 1.49. The molecule has 0 bridgehead atoms. The fourth-order valence-electron chi connectivity index (χ4n) is 1.68. The number of carbonyl (C=O) groups is 1. The van der Waals surface area contributed by atoms with Crippen LogP contribution in [0.2, 0.25) is 0 Å². The monoisotopic (exact) mass is 261 g/mol. The largest absolute Gasteiger partial charge is 0.334 e. The fraction of sp³-hybridized carbons (Fsp3) is 0.308. The van der Waals surface area contributed by atoms with Crippen molar-refractivity contribution in [3.8, 4) is 0 Å². The van der Waals surface area contributed by atoms with Gasteiger partial charge in [-0.25, -0.2) is 4.98 Å². The number of amides is 1. The second-order valence-corrected chi connectivity index (χ2v) is 5.19. The van der Waals surface area contributed by atoms with Crippen LogP contribution in [0.5, 0.6) is 0 Å². The third-order valence-electron chi connectivity index (χ3n) is 2.93. The molecule has 4 nitrogen and oxygen atoms in total. The molecule has 2 aromatic heterocycles. The van der Waals surface area contributed by atoms with Gasteiger partial charge in [0.2, 0.25) is 0 Å². The Bertz CT molecular complexity index is 538. The number of rotatable bonds is 3. The number of pyridine rings is 1. The number of carbonyl (C=O) groups excluding carboxylic acids is 1. The predicted octanol–water partition coefficient (Wildman–Crippen LogP) is 2.68. The minimum absolute atomic E-state index is 0.00232. The molecule has 2 rings (SSSR count). The highest BCUT2D eigenvalue weighted by Crippen LogP contribution is 2.20. The molecule has 0 fully saturated rings. The van der Waals surface area contributed by atoms with E-state index in [1.807, 2.05) is 26.0 Å². The topological polar surface area (TPSA) is 46.1 Å². The lowest BCUT2D eigenvalue weighted by atomic mass is 10.1. The Hall–Kier alpha value is -1.75.